The number of nitrogens with zero attached hydrogens (tertiary/aromatic N) is 2. The zero-order valence-corrected chi connectivity index (χ0v) is 9.52. The van der Waals surface area contributed by atoms with Crippen LogP contribution in [0.2, 0.25) is 0 Å². The fourth-order valence-electron chi connectivity index (χ4n) is 1.47. The molecule has 0 saturated carbocycles. The third kappa shape index (κ3) is 2.51. The lowest BCUT2D eigenvalue weighted by Gasteiger charge is -2.10. The van der Waals surface area contributed by atoms with Gasteiger partial charge in [-0.2, -0.15) is 0 Å². The lowest BCUT2D eigenvalue weighted by Crippen LogP contribution is -2.16. The first-order chi connectivity index (χ1) is 6.69. The van der Waals surface area contributed by atoms with Crippen molar-refractivity contribution in [2.24, 2.45) is 0 Å². The van der Waals surface area contributed by atoms with Crippen LogP contribution in [0.15, 0.2) is 0 Å². The van der Waals surface area contributed by atoms with E-state index in [-0.39, 0.29) is 0 Å². The highest BCUT2D eigenvalue weighted by molar-refractivity contribution is 5.24. The van der Waals surface area contributed by atoms with Crippen LogP contribution < -0.4 is 5.32 Å². The molecule has 0 aliphatic heterocycles. The van der Waals surface area contributed by atoms with Gasteiger partial charge in [0.2, 0.25) is 0 Å². The highest BCUT2D eigenvalue weighted by Gasteiger charge is 2.06. The Hall–Kier alpha value is -0.960. The number of hydrogen-bond acceptors (Lipinski definition) is 3. The van der Waals surface area contributed by atoms with Crippen LogP contribution >= 0.6 is 0 Å². The second kappa shape index (κ2) is 5.05. The van der Waals surface area contributed by atoms with Crippen LogP contribution in [0.5, 0.6) is 0 Å². The van der Waals surface area contributed by atoms with Crippen molar-refractivity contribution in [3.8, 4) is 0 Å². The van der Waals surface area contributed by atoms with Crippen molar-refractivity contribution in [3.05, 3.63) is 22.8 Å². The van der Waals surface area contributed by atoms with E-state index in [2.05, 4.69) is 43.0 Å². The maximum atomic E-state index is 4.45. The minimum atomic E-state index is 0.873. The molecule has 0 aliphatic rings. The molecular weight excluding hydrogens is 174 g/mol. The van der Waals surface area contributed by atoms with E-state index in [1.54, 1.807) is 0 Å². The molecule has 1 heterocycles. The molecule has 14 heavy (non-hydrogen) atoms. The van der Waals surface area contributed by atoms with Crippen molar-refractivity contribution in [3.63, 3.8) is 0 Å². The topological polar surface area (TPSA) is 37.8 Å². The predicted octanol–water partition coefficient (Wildman–Crippen LogP) is 1.77. The average molecular weight is 193 g/mol. The number of nitrogens with one attached hydrogen (secondary N) is 1. The van der Waals surface area contributed by atoms with Crippen LogP contribution in [0, 0.1) is 13.8 Å². The Morgan fingerprint density at radius 1 is 1.07 bits per heavy atom. The molecule has 3 heteroatoms. The van der Waals surface area contributed by atoms with E-state index in [1.807, 2.05) is 0 Å². The maximum absolute atomic E-state index is 4.45. The zero-order chi connectivity index (χ0) is 10.6. The van der Waals surface area contributed by atoms with E-state index >= 15 is 0 Å². The highest BCUT2D eigenvalue weighted by Crippen LogP contribution is 2.09. The van der Waals surface area contributed by atoms with E-state index in [0.29, 0.717) is 0 Å². The van der Waals surface area contributed by atoms with Crippen LogP contribution in [0.1, 0.15) is 36.6 Å². The summed E-state index contributed by atoms with van der Waals surface area (Å²) in [7, 11) is 0. The summed E-state index contributed by atoms with van der Waals surface area (Å²) in [6.07, 6.45) is 0.906. The monoisotopic (exact) mass is 193 g/mol. The highest BCUT2D eigenvalue weighted by atomic mass is 14.9. The molecule has 3 nitrogen and oxygen atoms in total. The Morgan fingerprint density at radius 3 is 2.07 bits per heavy atom. The third-order valence-corrected chi connectivity index (χ3v) is 2.33. The third-order valence-electron chi connectivity index (χ3n) is 2.33. The SMILES string of the molecule is CCNCc1c(C)nc(CC)nc1C. The molecular formula is C11H19N3. The van der Waals surface area contributed by atoms with E-state index < -0.39 is 0 Å². The summed E-state index contributed by atoms with van der Waals surface area (Å²) in [4.78, 5) is 8.91. The molecule has 0 saturated heterocycles. The molecule has 0 radical (unpaired) electrons. The Kier molecular flexibility index (Phi) is 4.01. The minimum Gasteiger partial charge on any atom is -0.313 e. The predicted molar refractivity (Wildman–Crippen MR) is 58.3 cm³/mol. The van der Waals surface area contributed by atoms with Gasteiger partial charge in [0.25, 0.3) is 0 Å². The molecule has 0 spiro atoms. The van der Waals surface area contributed by atoms with E-state index in [0.717, 1.165) is 36.7 Å². The number of aromatic nitrogens is 2. The largest absolute Gasteiger partial charge is 0.313 e. The first kappa shape index (κ1) is 11.1. The van der Waals surface area contributed by atoms with Gasteiger partial charge in [-0.15, -0.1) is 0 Å². The lowest BCUT2D eigenvalue weighted by atomic mass is 10.1. The molecule has 0 aliphatic carbocycles. The van der Waals surface area contributed by atoms with Crippen LogP contribution in [0.25, 0.3) is 0 Å². The quantitative estimate of drug-likeness (QED) is 0.792. The van der Waals surface area contributed by atoms with E-state index in [9.17, 15) is 0 Å². The maximum Gasteiger partial charge on any atom is 0.128 e. The van der Waals surface area contributed by atoms with Gasteiger partial charge >= 0.3 is 0 Å². The van der Waals surface area contributed by atoms with Crippen LogP contribution in [0.4, 0.5) is 0 Å². The summed E-state index contributed by atoms with van der Waals surface area (Å²) in [5.74, 6) is 0.945. The van der Waals surface area contributed by atoms with E-state index in [1.165, 1.54) is 5.56 Å². The van der Waals surface area contributed by atoms with Gasteiger partial charge in [-0.3, -0.25) is 0 Å². The zero-order valence-electron chi connectivity index (χ0n) is 9.52. The van der Waals surface area contributed by atoms with Gasteiger partial charge in [-0.1, -0.05) is 13.8 Å². The summed E-state index contributed by atoms with van der Waals surface area (Å²) >= 11 is 0. The molecule has 1 N–H and O–H groups in total. The first-order valence-electron chi connectivity index (χ1n) is 5.22. The average Bonchev–Trinajstić information content (AvgIpc) is 2.16. The van der Waals surface area contributed by atoms with Gasteiger partial charge in [-0.05, 0) is 20.4 Å². The first-order valence-corrected chi connectivity index (χ1v) is 5.22. The summed E-state index contributed by atoms with van der Waals surface area (Å²) in [5, 5.41) is 3.30. The summed E-state index contributed by atoms with van der Waals surface area (Å²) in [6.45, 7) is 10.2. The Labute approximate surface area is 86.0 Å². The van der Waals surface area contributed by atoms with Crippen LogP contribution in [-0.4, -0.2) is 16.5 Å². The van der Waals surface area contributed by atoms with Crippen molar-refractivity contribution < 1.29 is 0 Å². The van der Waals surface area contributed by atoms with Gasteiger partial charge in [0.1, 0.15) is 5.82 Å². The van der Waals surface area contributed by atoms with Crippen molar-refractivity contribution in [2.75, 3.05) is 6.54 Å². The Morgan fingerprint density at radius 2 is 1.64 bits per heavy atom. The standard InChI is InChI=1S/C11H19N3/c1-5-11-13-8(3)10(7-12-6-2)9(4)14-11/h12H,5-7H2,1-4H3. The summed E-state index contributed by atoms with van der Waals surface area (Å²) < 4.78 is 0. The Balaban J connectivity index is 2.93. The van der Waals surface area contributed by atoms with Gasteiger partial charge in [0, 0.05) is 29.9 Å². The molecule has 0 aromatic carbocycles. The van der Waals surface area contributed by atoms with Gasteiger partial charge in [-0.25, -0.2) is 9.97 Å². The van der Waals surface area contributed by atoms with Crippen molar-refractivity contribution in [2.45, 2.75) is 40.7 Å². The number of rotatable bonds is 4. The van der Waals surface area contributed by atoms with Crippen molar-refractivity contribution in [1.29, 1.82) is 0 Å². The van der Waals surface area contributed by atoms with Gasteiger partial charge < -0.3 is 5.32 Å². The molecule has 1 aromatic heterocycles. The minimum absolute atomic E-state index is 0.873. The molecule has 1 aromatic rings. The number of hydrogen-bond donors (Lipinski definition) is 1. The molecule has 0 atom stereocenters. The fourth-order valence-corrected chi connectivity index (χ4v) is 1.47. The van der Waals surface area contributed by atoms with Crippen molar-refractivity contribution >= 4 is 0 Å². The van der Waals surface area contributed by atoms with E-state index in [4.69, 9.17) is 0 Å². The fraction of sp³-hybridized carbons (Fsp3) is 0.636. The molecule has 1 rings (SSSR count). The van der Waals surface area contributed by atoms with Crippen LogP contribution in [0.3, 0.4) is 0 Å². The van der Waals surface area contributed by atoms with Crippen LogP contribution in [-0.2, 0) is 13.0 Å². The second-order valence-electron chi connectivity index (χ2n) is 3.42. The smallest absolute Gasteiger partial charge is 0.128 e. The molecule has 78 valence electrons. The Bertz CT molecular complexity index is 284. The molecule has 0 unspecified atom stereocenters. The molecule has 0 bridgehead atoms. The molecule has 0 amide bonds. The number of aryl methyl sites for hydroxylation is 3. The van der Waals surface area contributed by atoms with Crippen molar-refractivity contribution in [1.82, 2.24) is 15.3 Å². The normalized spacial score (nSPS) is 10.6. The van der Waals surface area contributed by atoms with Gasteiger partial charge in [0.05, 0.1) is 0 Å². The summed E-state index contributed by atoms with van der Waals surface area (Å²) in [6, 6.07) is 0. The van der Waals surface area contributed by atoms with Gasteiger partial charge in [0.15, 0.2) is 0 Å². The lowest BCUT2D eigenvalue weighted by molar-refractivity contribution is 0.705. The summed E-state index contributed by atoms with van der Waals surface area (Å²) in [5.41, 5.74) is 3.45. The molecule has 0 fully saturated rings. The second-order valence-corrected chi connectivity index (χ2v) is 3.42.